The topological polar surface area (TPSA) is 0 Å². The van der Waals surface area contributed by atoms with Crippen molar-refractivity contribution >= 4 is 63.8 Å². The molecule has 0 aliphatic carbocycles. The average Bonchev–Trinajstić information content (AvgIpc) is 3.53. The molecule has 0 amide bonds. The molecule has 0 spiro atoms. The van der Waals surface area contributed by atoms with Gasteiger partial charge in [0.25, 0.3) is 0 Å². The van der Waals surface area contributed by atoms with Crippen molar-refractivity contribution in [2.75, 3.05) is 0 Å². The second kappa shape index (κ2) is 11.3. The van der Waals surface area contributed by atoms with Gasteiger partial charge in [0.05, 0.1) is 2.74 Å². The molecule has 0 bridgehead atoms. The number of rotatable bonds is 4. The molecule has 1 heteroatoms. The summed E-state index contributed by atoms with van der Waals surface area (Å²) in [5.74, 6) is 0. The quantitative estimate of drug-likeness (QED) is 0.168. The van der Waals surface area contributed by atoms with E-state index in [1.807, 2.05) is 30.3 Å². The van der Waals surface area contributed by atoms with E-state index in [4.69, 9.17) is 2.74 Å². The van der Waals surface area contributed by atoms with Crippen LogP contribution < -0.4 is 0 Å². The van der Waals surface area contributed by atoms with Crippen LogP contribution in [0, 0.1) is 0 Å². The first-order valence-electron chi connectivity index (χ1n) is 17.7. The van der Waals surface area contributed by atoms with Crippen molar-refractivity contribution in [1.29, 1.82) is 0 Å². The molecule has 10 rings (SSSR count). The fraction of sp³-hybridized carbons (Fsp3) is 0. The molecule has 0 fully saturated rings. The molecule has 0 saturated heterocycles. The maximum Gasteiger partial charge on any atom is 0.0623 e. The Kier molecular flexibility index (Phi) is 6.00. The lowest BCUT2D eigenvalue weighted by Gasteiger charge is -2.18. The smallest absolute Gasteiger partial charge is 0.0623 e. The first kappa shape index (κ1) is 26.0. The van der Waals surface area contributed by atoms with Gasteiger partial charge in [-0.2, -0.15) is 0 Å². The van der Waals surface area contributed by atoms with E-state index in [2.05, 4.69) is 140 Å². The van der Waals surface area contributed by atoms with Gasteiger partial charge in [0.15, 0.2) is 0 Å². The van der Waals surface area contributed by atoms with Crippen LogP contribution in [0.4, 0.5) is 0 Å². The Bertz CT molecular complexity index is 2930. The van der Waals surface area contributed by atoms with Gasteiger partial charge in [-0.15, -0.1) is 11.3 Å². The molecular formula is C48H30S. The van der Waals surface area contributed by atoms with Crippen LogP contribution in [0.15, 0.2) is 182 Å². The molecular weight excluding hydrogens is 609 g/mol. The highest BCUT2D eigenvalue weighted by Gasteiger charge is 2.17. The molecule has 0 aliphatic rings. The molecule has 0 nitrogen and oxygen atoms in total. The van der Waals surface area contributed by atoms with E-state index >= 15 is 0 Å². The maximum absolute atomic E-state index is 8.08. The number of hydrogen-bond donors (Lipinski definition) is 0. The molecule has 0 radical (unpaired) electrons. The predicted molar refractivity (Wildman–Crippen MR) is 214 cm³/mol. The van der Waals surface area contributed by atoms with E-state index in [-0.39, 0.29) is 0 Å². The van der Waals surface area contributed by atoms with Crippen LogP contribution in [0.25, 0.3) is 97.0 Å². The predicted octanol–water partition coefficient (Wildman–Crippen LogP) is 14.2. The Morgan fingerprint density at radius 2 is 0.857 bits per heavy atom. The van der Waals surface area contributed by atoms with Crippen LogP contribution in [0.5, 0.6) is 0 Å². The third-order valence-electron chi connectivity index (χ3n) is 9.92. The minimum Gasteiger partial charge on any atom is -0.135 e. The van der Waals surface area contributed by atoms with E-state index in [0.717, 1.165) is 15.5 Å². The van der Waals surface area contributed by atoms with Crippen molar-refractivity contribution in [2.24, 2.45) is 0 Å². The number of thiophene rings is 1. The molecule has 228 valence electrons. The van der Waals surface area contributed by atoms with Crippen LogP contribution >= 0.6 is 11.3 Å². The highest BCUT2D eigenvalue weighted by molar-refractivity contribution is 7.25. The molecule has 0 saturated carbocycles. The van der Waals surface area contributed by atoms with Crippen molar-refractivity contribution < 1.29 is 2.74 Å². The summed E-state index contributed by atoms with van der Waals surface area (Å²) in [5, 5.41) is 9.64. The summed E-state index contributed by atoms with van der Waals surface area (Å²) >= 11 is 1.76. The molecule has 0 N–H and O–H groups in total. The highest BCUT2D eigenvalue weighted by atomic mass is 32.1. The van der Waals surface area contributed by atoms with E-state index in [1.54, 1.807) is 11.3 Å². The summed E-state index contributed by atoms with van der Waals surface area (Å²) in [6, 6.07) is 61.7. The second-order valence-corrected chi connectivity index (χ2v) is 13.8. The molecule has 10 aromatic rings. The van der Waals surface area contributed by atoms with Crippen molar-refractivity contribution in [3.05, 3.63) is 182 Å². The van der Waals surface area contributed by atoms with Crippen LogP contribution in [-0.4, -0.2) is 0 Å². The fourth-order valence-corrected chi connectivity index (χ4v) is 8.66. The first-order valence-corrected chi connectivity index (χ1v) is 17.5. The van der Waals surface area contributed by atoms with Gasteiger partial charge < -0.3 is 0 Å². The molecule has 49 heavy (non-hydrogen) atoms. The van der Waals surface area contributed by atoms with Gasteiger partial charge in [-0.05, 0) is 107 Å². The molecule has 0 atom stereocenters. The molecule has 9 aromatic carbocycles. The van der Waals surface area contributed by atoms with Gasteiger partial charge in [-0.3, -0.25) is 0 Å². The van der Waals surface area contributed by atoms with Crippen LogP contribution in [0.3, 0.4) is 0 Å². The number of benzene rings is 9. The minimum atomic E-state index is 0.535. The fourth-order valence-electron chi connectivity index (χ4n) is 7.59. The van der Waals surface area contributed by atoms with E-state index in [1.165, 1.54) is 81.5 Å². The zero-order valence-corrected chi connectivity index (χ0v) is 27.4. The first-order chi connectivity index (χ1) is 25.1. The molecule has 0 unspecified atom stereocenters. The van der Waals surface area contributed by atoms with Crippen molar-refractivity contribution in [2.45, 2.75) is 0 Å². The monoisotopic (exact) mass is 640 g/mol. The van der Waals surface area contributed by atoms with Gasteiger partial charge in [0.2, 0.25) is 0 Å². The molecule has 0 aliphatic heterocycles. The van der Waals surface area contributed by atoms with E-state index < -0.39 is 0 Å². The van der Waals surface area contributed by atoms with Crippen molar-refractivity contribution in [3.63, 3.8) is 0 Å². The largest absolute Gasteiger partial charge is 0.135 e. The van der Waals surface area contributed by atoms with Crippen LogP contribution in [-0.2, 0) is 0 Å². The summed E-state index contributed by atoms with van der Waals surface area (Å²) in [5.41, 5.74) is 9.62. The van der Waals surface area contributed by atoms with Crippen LogP contribution in [0.1, 0.15) is 2.74 Å². The Morgan fingerprint density at radius 3 is 1.63 bits per heavy atom. The summed E-state index contributed by atoms with van der Waals surface area (Å²) < 4.78 is 18.5. The van der Waals surface area contributed by atoms with Gasteiger partial charge in [-0.1, -0.05) is 152 Å². The Hall–Kier alpha value is -6.02. The van der Waals surface area contributed by atoms with Crippen molar-refractivity contribution in [1.82, 2.24) is 0 Å². The third kappa shape index (κ3) is 4.66. The number of hydrogen-bond acceptors (Lipinski definition) is 1. The highest BCUT2D eigenvalue weighted by Crippen LogP contribution is 2.45. The zero-order valence-electron chi connectivity index (χ0n) is 28.6. The van der Waals surface area contributed by atoms with Gasteiger partial charge in [0, 0.05) is 20.2 Å². The van der Waals surface area contributed by atoms with Gasteiger partial charge in [0.1, 0.15) is 0 Å². The second-order valence-electron chi connectivity index (χ2n) is 12.7. The summed E-state index contributed by atoms with van der Waals surface area (Å²) in [6.07, 6.45) is 0. The zero-order chi connectivity index (χ0) is 34.1. The maximum atomic E-state index is 8.08. The summed E-state index contributed by atoms with van der Waals surface area (Å²) in [4.78, 5) is 0. The van der Waals surface area contributed by atoms with Crippen molar-refractivity contribution in [3.8, 4) is 44.5 Å². The molecule has 1 heterocycles. The van der Waals surface area contributed by atoms with E-state index in [9.17, 15) is 0 Å². The van der Waals surface area contributed by atoms with Gasteiger partial charge in [-0.25, -0.2) is 0 Å². The third-order valence-corrected chi connectivity index (χ3v) is 11.1. The SMILES string of the molecule is [2H]c1ccc2cc(-c3ccc(-c4c5ccccc5c(-c5cccc(-c6ccc7sc8cc([2H])ccc8c7c6)c5)c5ccccc45)cc3)ccc2c1. The lowest BCUT2D eigenvalue weighted by molar-refractivity contribution is 1.62. The number of fused-ring (bicyclic) bond motifs is 6. The minimum absolute atomic E-state index is 0.535. The summed E-state index contributed by atoms with van der Waals surface area (Å²) in [6.45, 7) is 0. The Morgan fingerprint density at radius 1 is 0.306 bits per heavy atom. The lowest BCUT2D eigenvalue weighted by atomic mass is 9.85. The average molecular weight is 641 g/mol. The lowest BCUT2D eigenvalue weighted by Crippen LogP contribution is -1.91. The Balaban J connectivity index is 1.11. The van der Waals surface area contributed by atoms with E-state index in [0.29, 0.717) is 12.1 Å². The Labute approximate surface area is 292 Å². The molecule has 1 aromatic heterocycles. The standard InChI is InChI=1S/C48H30S/c1-2-11-34-28-36(25-22-31(34)10-1)32-20-23-33(24-21-32)47-40-15-3-5-17-42(40)48(43-18-6-4-16-41(43)47)38-13-9-12-35(29-38)37-26-27-46-44(30-37)39-14-7-8-19-45(39)49-46/h1-30H/i1D,8D. The summed E-state index contributed by atoms with van der Waals surface area (Å²) in [7, 11) is 0. The normalized spacial score (nSPS) is 12.2. The van der Waals surface area contributed by atoms with Gasteiger partial charge >= 0.3 is 0 Å². The van der Waals surface area contributed by atoms with Crippen LogP contribution in [0.2, 0.25) is 0 Å².